The first-order valence-electron chi connectivity index (χ1n) is 10.7. The van der Waals surface area contributed by atoms with Crippen LogP contribution in [0.2, 0.25) is 0 Å². The van der Waals surface area contributed by atoms with Crippen LogP contribution >= 0.6 is 0 Å². The van der Waals surface area contributed by atoms with E-state index in [1.807, 2.05) is 16.7 Å². The Kier molecular flexibility index (Phi) is 4.56. The molecule has 3 unspecified atom stereocenters. The van der Waals surface area contributed by atoms with Crippen LogP contribution in [0.1, 0.15) is 37.8 Å². The van der Waals surface area contributed by atoms with Crippen LogP contribution in [-0.4, -0.2) is 69.8 Å². The third-order valence-corrected chi connectivity index (χ3v) is 7.34. The predicted octanol–water partition coefficient (Wildman–Crippen LogP) is 1.01. The van der Waals surface area contributed by atoms with Crippen molar-refractivity contribution in [1.29, 1.82) is 5.26 Å². The number of amides is 2. The van der Waals surface area contributed by atoms with E-state index in [2.05, 4.69) is 6.07 Å². The molecule has 1 aromatic rings. The number of benzene rings is 1. The number of carbonyl (C=O) groups is 2. The lowest BCUT2D eigenvalue weighted by Crippen LogP contribution is -2.57. The van der Waals surface area contributed by atoms with Crippen LogP contribution in [-0.2, 0) is 9.59 Å². The molecule has 1 saturated carbocycles. The number of hydrogen-bond donors (Lipinski definition) is 1. The number of piperazine rings is 1. The molecule has 2 N–H and O–H groups in total. The molecule has 1 aliphatic carbocycles. The fourth-order valence-corrected chi connectivity index (χ4v) is 5.71. The zero-order valence-corrected chi connectivity index (χ0v) is 16.9. The highest BCUT2D eigenvalue weighted by molar-refractivity contribution is 5.87. The molecule has 0 spiro atoms. The number of nitrogens with two attached hydrogens (primary N) is 1. The van der Waals surface area contributed by atoms with Gasteiger partial charge in [0.25, 0.3) is 0 Å². The number of nitriles is 1. The first-order valence-corrected chi connectivity index (χ1v) is 10.7. The topological polar surface area (TPSA) is 93.7 Å². The largest absolute Gasteiger partial charge is 0.330 e. The van der Waals surface area contributed by atoms with Gasteiger partial charge in [0.05, 0.1) is 24.2 Å². The maximum absolute atomic E-state index is 13.2. The van der Waals surface area contributed by atoms with Crippen molar-refractivity contribution in [2.45, 2.75) is 62.4 Å². The summed E-state index contributed by atoms with van der Waals surface area (Å²) in [4.78, 5) is 31.6. The van der Waals surface area contributed by atoms with E-state index in [0.717, 1.165) is 24.8 Å². The van der Waals surface area contributed by atoms with Crippen LogP contribution in [0, 0.1) is 23.1 Å². The molecule has 3 aliphatic heterocycles. The first-order chi connectivity index (χ1) is 14.4. The number of likely N-dealkylation sites (tertiary alicyclic amines) is 3. The van der Waals surface area contributed by atoms with E-state index in [1.165, 1.54) is 12.1 Å². The van der Waals surface area contributed by atoms with E-state index in [0.29, 0.717) is 19.0 Å². The van der Waals surface area contributed by atoms with E-state index in [9.17, 15) is 19.2 Å². The minimum Gasteiger partial charge on any atom is -0.330 e. The number of fused-ring (bicyclic) bond motifs is 3. The van der Waals surface area contributed by atoms with E-state index in [1.54, 1.807) is 17.0 Å². The van der Waals surface area contributed by atoms with E-state index < -0.39 is 6.04 Å². The zero-order valence-electron chi connectivity index (χ0n) is 16.9. The minimum absolute atomic E-state index is 0.0426. The third-order valence-electron chi connectivity index (χ3n) is 7.34. The Balaban J connectivity index is 1.23. The van der Waals surface area contributed by atoms with Crippen molar-refractivity contribution >= 4 is 11.8 Å². The van der Waals surface area contributed by atoms with Crippen molar-refractivity contribution in [3.8, 4) is 6.07 Å². The van der Waals surface area contributed by atoms with Crippen LogP contribution in [0.15, 0.2) is 24.3 Å². The Hall–Kier alpha value is -2.50. The SMILES string of the molecule is C[C@@H](c1ccc(F)cc1)N1C(=O)C2CC1CN2CC(N)C(=O)N1[C@H](C#N)C[C@@H]2C[C@@H]21. The summed E-state index contributed by atoms with van der Waals surface area (Å²) in [6, 6.07) is 7.26. The van der Waals surface area contributed by atoms with E-state index >= 15 is 0 Å². The molecule has 2 amide bonds. The number of piperidine rings is 1. The van der Waals surface area contributed by atoms with E-state index in [-0.39, 0.29) is 47.8 Å². The van der Waals surface area contributed by atoms with Gasteiger partial charge in [-0.15, -0.1) is 0 Å². The second-order valence-electron chi connectivity index (χ2n) is 9.13. The Labute approximate surface area is 175 Å². The van der Waals surface area contributed by atoms with Gasteiger partial charge in [-0.3, -0.25) is 14.5 Å². The van der Waals surface area contributed by atoms with Crippen molar-refractivity contribution in [1.82, 2.24) is 14.7 Å². The molecule has 0 radical (unpaired) electrons. The van der Waals surface area contributed by atoms with Crippen molar-refractivity contribution in [3.05, 3.63) is 35.6 Å². The summed E-state index contributed by atoms with van der Waals surface area (Å²) in [6.45, 7) is 2.97. The zero-order chi connectivity index (χ0) is 21.2. The van der Waals surface area contributed by atoms with Gasteiger partial charge >= 0.3 is 0 Å². The van der Waals surface area contributed by atoms with Crippen LogP contribution in [0.3, 0.4) is 0 Å². The predicted molar refractivity (Wildman–Crippen MR) is 106 cm³/mol. The molecular formula is C22H26FN5O2. The van der Waals surface area contributed by atoms with Crippen molar-refractivity contribution in [2.75, 3.05) is 13.1 Å². The molecule has 30 heavy (non-hydrogen) atoms. The van der Waals surface area contributed by atoms with Crippen molar-refractivity contribution in [2.24, 2.45) is 11.7 Å². The number of halogens is 1. The van der Waals surface area contributed by atoms with Gasteiger partial charge in [0.1, 0.15) is 11.9 Å². The highest BCUT2D eigenvalue weighted by atomic mass is 19.1. The van der Waals surface area contributed by atoms with Crippen molar-refractivity contribution < 1.29 is 14.0 Å². The average Bonchev–Trinajstić information content (AvgIpc) is 3.07. The molecule has 7 atom stereocenters. The van der Waals surface area contributed by atoms with Crippen LogP contribution in [0.5, 0.6) is 0 Å². The molecule has 5 rings (SSSR count). The van der Waals surface area contributed by atoms with Crippen molar-refractivity contribution in [3.63, 3.8) is 0 Å². The standard InChI is InChI=1S/C22H26FN5O2/c1-12(13-2-4-15(23)5-3-13)27-17-8-20(22(27)30)26(10-17)11-18(25)21(29)28-16(9-24)6-14-7-19(14)28/h2-5,12,14,16-20H,6-8,10-11,25H2,1H3/t12-,14+,16-,17?,18?,19-,20?/m0/s1. The summed E-state index contributed by atoms with van der Waals surface area (Å²) >= 11 is 0. The van der Waals surface area contributed by atoms with Gasteiger partial charge in [0.2, 0.25) is 11.8 Å². The highest BCUT2D eigenvalue weighted by Gasteiger charge is 2.56. The lowest BCUT2D eigenvalue weighted by molar-refractivity contribution is -0.141. The summed E-state index contributed by atoms with van der Waals surface area (Å²) in [5.74, 6) is 0.0373. The number of carbonyl (C=O) groups excluding carboxylic acids is 2. The molecular weight excluding hydrogens is 385 g/mol. The molecule has 2 bridgehead atoms. The molecule has 3 saturated heterocycles. The second-order valence-corrected chi connectivity index (χ2v) is 9.13. The smallest absolute Gasteiger partial charge is 0.242 e. The fourth-order valence-electron chi connectivity index (χ4n) is 5.71. The normalized spacial score (nSPS) is 34.1. The number of hydrogen-bond acceptors (Lipinski definition) is 5. The summed E-state index contributed by atoms with van der Waals surface area (Å²) in [5, 5.41) is 9.33. The Bertz CT molecular complexity index is 915. The van der Waals surface area contributed by atoms with Gasteiger partial charge in [-0.1, -0.05) is 12.1 Å². The van der Waals surface area contributed by atoms with Crippen LogP contribution in [0.25, 0.3) is 0 Å². The second kappa shape index (κ2) is 7.03. The summed E-state index contributed by atoms with van der Waals surface area (Å²) in [7, 11) is 0. The Morgan fingerprint density at radius 1 is 1.30 bits per heavy atom. The van der Waals surface area contributed by atoms with Gasteiger partial charge in [0.15, 0.2) is 0 Å². The lowest BCUT2D eigenvalue weighted by Gasteiger charge is -2.38. The Morgan fingerprint density at radius 3 is 2.70 bits per heavy atom. The molecule has 3 heterocycles. The summed E-state index contributed by atoms with van der Waals surface area (Å²) in [6.07, 6.45) is 2.45. The highest BCUT2D eigenvalue weighted by Crippen LogP contribution is 2.48. The minimum atomic E-state index is -0.727. The van der Waals surface area contributed by atoms with Gasteiger partial charge in [-0.05, 0) is 49.8 Å². The molecule has 8 heteroatoms. The lowest BCUT2D eigenvalue weighted by atomic mass is 10.1. The number of rotatable bonds is 5. The molecule has 7 nitrogen and oxygen atoms in total. The summed E-state index contributed by atoms with van der Waals surface area (Å²) < 4.78 is 13.2. The maximum Gasteiger partial charge on any atom is 0.242 e. The fraction of sp³-hybridized carbons (Fsp3) is 0.591. The quantitative estimate of drug-likeness (QED) is 0.781. The average molecular weight is 411 g/mol. The molecule has 4 aliphatic rings. The number of nitrogens with zero attached hydrogens (tertiary/aromatic N) is 4. The molecule has 0 aromatic heterocycles. The Morgan fingerprint density at radius 2 is 2.03 bits per heavy atom. The van der Waals surface area contributed by atoms with Gasteiger partial charge in [-0.2, -0.15) is 5.26 Å². The molecule has 158 valence electrons. The van der Waals surface area contributed by atoms with Gasteiger partial charge in [-0.25, -0.2) is 4.39 Å². The van der Waals surface area contributed by atoms with Crippen LogP contribution in [0.4, 0.5) is 4.39 Å². The van der Waals surface area contributed by atoms with Gasteiger partial charge < -0.3 is 15.5 Å². The van der Waals surface area contributed by atoms with Gasteiger partial charge in [0, 0.05) is 25.2 Å². The van der Waals surface area contributed by atoms with E-state index in [4.69, 9.17) is 5.73 Å². The molecule has 4 fully saturated rings. The summed E-state index contributed by atoms with van der Waals surface area (Å²) in [5.41, 5.74) is 7.16. The molecule has 1 aromatic carbocycles. The third kappa shape index (κ3) is 2.99. The van der Waals surface area contributed by atoms with Crippen LogP contribution < -0.4 is 5.73 Å². The monoisotopic (exact) mass is 411 g/mol. The first kappa shape index (κ1) is 19.5. The maximum atomic E-state index is 13.2.